The molecule has 0 bridgehead atoms. The number of carbonyl (C=O) groups is 1. The normalized spacial score (nSPS) is 18.7. The first-order valence-electron chi connectivity index (χ1n) is 15.2. The van der Waals surface area contributed by atoms with Crippen molar-refractivity contribution in [3.63, 3.8) is 0 Å². The number of rotatable bonds is 10. The molecule has 2 saturated carbocycles. The second-order valence-corrected chi connectivity index (χ2v) is 15.2. The van der Waals surface area contributed by atoms with E-state index in [1.807, 2.05) is 30.3 Å². The molecule has 1 amide bonds. The molecular weight excluding hydrogens is 667 g/mol. The third-order valence-corrected chi connectivity index (χ3v) is 11.4. The van der Waals surface area contributed by atoms with Gasteiger partial charge in [-0.05, 0) is 104 Å². The van der Waals surface area contributed by atoms with Gasteiger partial charge in [0.2, 0.25) is 10.0 Å². The lowest BCUT2D eigenvalue weighted by atomic mass is 9.91. The topological polar surface area (TPSA) is 66.9 Å². The lowest BCUT2D eigenvalue weighted by Gasteiger charge is -2.38. The second kappa shape index (κ2) is 13.0. The van der Waals surface area contributed by atoms with Crippen molar-refractivity contribution in [2.75, 3.05) is 24.0 Å². The van der Waals surface area contributed by atoms with E-state index in [0.717, 1.165) is 49.2 Å². The fourth-order valence-electron chi connectivity index (χ4n) is 6.11. The van der Waals surface area contributed by atoms with Crippen molar-refractivity contribution >= 4 is 44.8 Å². The van der Waals surface area contributed by atoms with Gasteiger partial charge >= 0.3 is 12.1 Å². The Labute approximate surface area is 275 Å². The Hall–Kier alpha value is -2.86. The van der Waals surface area contributed by atoms with Crippen LogP contribution in [0.15, 0.2) is 60.7 Å². The maximum Gasteiger partial charge on any atom is 0.472 e. The van der Waals surface area contributed by atoms with Crippen molar-refractivity contribution < 1.29 is 35.5 Å². The number of ether oxygens (including phenoxy) is 1. The zero-order valence-electron chi connectivity index (χ0n) is 24.7. The van der Waals surface area contributed by atoms with Gasteiger partial charge in [0, 0.05) is 16.1 Å². The van der Waals surface area contributed by atoms with Gasteiger partial charge in [0.05, 0.1) is 23.6 Å². The highest BCUT2D eigenvalue weighted by atomic mass is 35.5. The summed E-state index contributed by atoms with van der Waals surface area (Å²) < 4.78 is 87.5. The molecule has 1 atom stereocenters. The van der Waals surface area contributed by atoms with Crippen LogP contribution in [-0.2, 0) is 14.8 Å². The van der Waals surface area contributed by atoms with Crippen molar-refractivity contribution in [3.8, 4) is 5.75 Å². The number of sulfonamides is 1. The molecule has 3 aromatic carbocycles. The van der Waals surface area contributed by atoms with Gasteiger partial charge in [0.25, 0.3) is 0 Å². The van der Waals surface area contributed by atoms with Crippen LogP contribution in [0.5, 0.6) is 5.75 Å². The van der Waals surface area contributed by atoms with Crippen LogP contribution in [-0.4, -0.2) is 50.3 Å². The van der Waals surface area contributed by atoms with E-state index in [-0.39, 0.29) is 47.4 Å². The number of nitrogens with zero attached hydrogens (tertiary/aromatic N) is 2. The van der Waals surface area contributed by atoms with Gasteiger partial charge in [-0.1, -0.05) is 53.5 Å². The maximum atomic E-state index is 15.5. The minimum atomic E-state index is -5.50. The minimum absolute atomic E-state index is 0.0725. The summed E-state index contributed by atoms with van der Waals surface area (Å²) >= 11 is 12.7. The molecule has 1 saturated heterocycles. The molecule has 0 N–H and O–H groups in total. The quantitative estimate of drug-likeness (QED) is 0.200. The number of amides is 1. The number of carbonyl (C=O) groups excluding carboxylic acids is 1. The summed E-state index contributed by atoms with van der Waals surface area (Å²) in [4.78, 5) is 14.7. The van der Waals surface area contributed by atoms with Crippen LogP contribution in [0, 0.1) is 11.7 Å². The summed E-state index contributed by atoms with van der Waals surface area (Å²) in [5, 5.41) is -0.0540. The molecule has 1 unspecified atom stereocenters. The number of halogens is 6. The second-order valence-electron chi connectivity index (χ2n) is 12.2. The van der Waals surface area contributed by atoms with Gasteiger partial charge in [-0.3, -0.25) is 9.69 Å². The maximum absolute atomic E-state index is 15.5. The summed E-state index contributed by atoms with van der Waals surface area (Å²) in [6, 6.07) is 17.5. The largest absolute Gasteiger partial charge is 0.493 e. The number of anilines is 1. The molecule has 3 aliphatic rings. The van der Waals surface area contributed by atoms with E-state index in [1.165, 1.54) is 0 Å². The zero-order valence-corrected chi connectivity index (χ0v) is 27.0. The molecule has 0 spiro atoms. The predicted molar refractivity (Wildman–Crippen MR) is 168 cm³/mol. The van der Waals surface area contributed by atoms with E-state index < -0.39 is 38.9 Å². The van der Waals surface area contributed by atoms with Crippen LogP contribution in [0.2, 0.25) is 10.0 Å². The van der Waals surface area contributed by atoms with E-state index in [0.29, 0.717) is 28.5 Å². The highest BCUT2D eigenvalue weighted by Gasteiger charge is 2.52. The van der Waals surface area contributed by atoms with Gasteiger partial charge in [0.1, 0.15) is 5.75 Å². The van der Waals surface area contributed by atoms with Crippen LogP contribution < -0.4 is 9.04 Å². The molecule has 46 heavy (non-hydrogen) atoms. The van der Waals surface area contributed by atoms with Crippen LogP contribution >= 0.6 is 23.2 Å². The molecule has 6 rings (SSSR count). The number of hydrogen-bond donors (Lipinski definition) is 0. The van der Waals surface area contributed by atoms with E-state index in [4.69, 9.17) is 27.9 Å². The molecule has 2 aliphatic carbocycles. The predicted octanol–water partition coefficient (Wildman–Crippen LogP) is 8.28. The molecule has 1 heterocycles. The Morgan fingerprint density at radius 1 is 0.913 bits per heavy atom. The number of likely N-dealkylation sites (tertiary alicyclic amines) is 1. The first-order chi connectivity index (χ1) is 21.8. The Bertz CT molecular complexity index is 1690. The van der Waals surface area contributed by atoms with Crippen molar-refractivity contribution in [3.05, 3.63) is 93.2 Å². The first kappa shape index (κ1) is 33.1. The molecule has 0 aromatic heterocycles. The highest BCUT2D eigenvalue weighted by molar-refractivity contribution is 7.94. The van der Waals surface area contributed by atoms with E-state index in [1.54, 1.807) is 6.07 Å². The minimum Gasteiger partial charge on any atom is -0.493 e. The smallest absolute Gasteiger partial charge is 0.472 e. The van der Waals surface area contributed by atoms with E-state index >= 15 is 4.39 Å². The zero-order chi connectivity index (χ0) is 32.8. The Balaban J connectivity index is 1.19. The standard InChI is InChI=1S/C33H32Cl2F4N2O4S/c34-24-14-23(15-25(35)16-24)31(22-4-2-1-3-5-22)40-12-10-20(11-13-40)19-45-30-18-28(36)29(17-27(30)21-6-7-21)41(32(42)33(37,38)39)46(43,44)26-8-9-26/h1-5,14-18,20-21,26,31H,6-13,19H2. The molecule has 1 aliphatic heterocycles. The highest BCUT2D eigenvalue weighted by Crippen LogP contribution is 2.48. The van der Waals surface area contributed by atoms with Crippen LogP contribution in [0.25, 0.3) is 0 Å². The molecule has 13 heteroatoms. The number of benzene rings is 3. The summed E-state index contributed by atoms with van der Waals surface area (Å²) in [6.07, 6.45) is -2.36. The van der Waals surface area contributed by atoms with Crippen molar-refractivity contribution in [2.45, 2.75) is 61.9 Å². The Kier molecular flexibility index (Phi) is 9.32. The molecule has 3 aromatic rings. The number of alkyl halides is 3. The monoisotopic (exact) mass is 698 g/mol. The average Bonchev–Trinajstić information content (AvgIpc) is 3.91. The molecular formula is C33H32Cl2F4N2O4S. The number of hydrogen-bond acceptors (Lipinski definition) is 5. The Morgan fingerprint density at radius 3 is 2.11 bits per heavy atom. The SMILES string of the molecule is O=C(N(c1cc(C2CC2)c(OCC2CCN(C(c3ccccc3)c3cc(Cl)cc(Cl)c3)CC2)cc1F)S(=O)(=O)C1CC1)C(F)(F)F. The van der Waals surface area contributed by atoms with Gasteiger partial charge in [-0.15, -0.1) is 0 Å². The third-order valence-electron chi connectivity index (χ3n) is 8.75. The van der Waals surface area contributed by atoms with Crippen molar-refractivity contribution in [1.29, 1.82) is 0 Å². The van der Waals surface area contributed by atoms with Crippen LogP contribution in [0.1, 0.15) is 67.2 Å². The summed E-state index contributed by atoms with van der Waals surface area (Å²) in [7, 11) is -4.74. The van der Waals surface area contributed by atoms with Crippen LogP contribution in [0.3, 0.4) is 0 Å². The van der Waals surface area contributed by atoms with Crippen LogP contribution in [0.4, 0.5) is 23.2 Å². The molecule has 246 valence electrons. The van der Waals surface area contributed by atoms with Gasteiger partial charge in [-0.2, -0.15) is 17.5 Å². The summed E-state index contributed by atoms with van der Waals surface area (Å²) in [5.74, 6) is -3.75. The van der Waals surface area contributed by atoms with Crippen molar-refractivity contribution in [1.82, 2.24) is 4.90 Å². The lowest BCUT2D eigenvalue weighted by molar-refractivity contribution is -0.169. The molecule has 6 nitrogen and oxygen atoms in total. The molecule has 3 fully saturated rings. The van der Waals surface area contributed by atoms with Gasteiger partial charge < -0.3 is 4.74 Å². The first-order valence-corrected chi connectivity index (χ1v) is 17.5. The van der Waals surface area contributed by atoms with E-state index in [2.05, 4.69) is 17.0 Å². The van der Waals surface area contributed by atoms with Gasteiger partial charge in [-0.25, -0.2) is 12.8 Å². The summed E-state index contributed by atoms with van der Waals surface area (Å²) in [6.45, 7) is 1.71. The average molecular weight is 700 g/mol. The number of piperidine rings is 1. The fraction of sp³-hybridized carbons (Fsp3) is 0.424. The van der Waals surface area contributed by atoms with Crippen molar-refractivity contribution in [2.24, 2.45) is 5.92 Å². The Morgan fingerprint density at radius 2 is 1.54 bits per heavy atom. The summed E-state index contributed by atoms with van der Waals surface area (Å²) in [5.41, 5.74) is 1.57. The third kappa shape index (κ3) is 7.17. The van der Waals surface area contributed by atoms with E-state index in [9.17, 15) is 26.4 Å². The molecule has 0 radical (unpaired) electrons. The lowest BCUT2D eigenvalue weighted by Crippen LogP contribution is -2.46. The van der Waals surface area contributed by atoms with Gasteiger partial charge in [0.15, 0.2) is 5.82 Å². The fourth-order valence-corrected chi connectivity index (χ4v) is 8.44.